The van der Waals surface area contributed by atoms with E-state index in [1.54, 1.807) is 0 Å². The summed E-state index contributed by atoms with van der Waals surface area (Å²) in [6, 6.07) is 21.0. The maximum absolute atomic E-state index is 11.5. The van der Waals surface area contributed by atoms with Crippen molar-refractivity contribution in [3.8, 4) is 0 Å². The van der Waals surface area contributed by atoms with Crippen molar-refractivity contribution in [3.63, 3.8) is 0 Å². The third-order valence-corrected chi connectivity index (χ3v) is 7.60. The Balaban J connectivity index is 1.82. The van der Waals surface area contributed by atoms with Crippen molar-refractivity contribution in [2.24, 2.45) is 0 Å². The van der Waals surface area contributed by atoms with Gasteiger partial charge in [0.25, 0.3) is 0 Å². The van der Waals surface area contributed by atoms with Gasteiger partial charge in [-0.05, 0) is 37.1 Å². The number of rotatable bonds is 5. The molecule has 2 aromatic rings. The molecule has 1 nitrogen and oxygen atoms in total. The Morgan fingerprint density at radius 3 is 1.54 bits per heavy atom. The SMILES string of the molecule is OC1(C(Sc2ccccc2)Sc2ccccc2)CCCCCCC1. The van der Waals surface area contributed by atoms with Crippen LogP contribution < -0.4 is 0 Å². The molecule has 1 N–H and O–H groups in total. The van der Waals surface area contributed by atoms with Crippen LogP contribution in [-0.4, -0.2) is 15.3 Å². The summed E-state index contributed by atoms with van der Waals surface area (Å²) in [5.41, 5.74) is -0.596. The van der Waals surface area contributed by atoms with Crippen LogP contribution in [0.15, 0.2) is 70.5 Å². The van der Waals surface area contributed by atoms with Crippen LogP contribution in [-0.2, 0) is 0 Å². The van der Waals surface area contributed by atoms with Crippen LogP contribution in [0.1, 0.15) is 44.9 Å². The highest BCUT2D eigenvalue weighted by Gasteiger charge is 2.37. The first-order valence-electron chi connectivity index (χ1n) is 8.92. The minimum atomic E-state index is -0.596. The minimum Gasteiger partial charge on any atom is -0.388 e. The molecule has 1 fully saturated rings. The second kappa shape index (κ2) is 8.98. The lowest BCUT2D eigenvalue weighted by molar-refractivity contribution is 0.0302. The summed E-state index contributed by atoms with van der Waals surface area (Å²) in [6.45, 7) is 0. The molecule has 0 spiro atoms. The van der Waals surface area contributed by atoms with Crippen molar-refractivity contribution in [1.29, 1.82) is 0 Å². The molecule has 0 radical (unpaired) electrons. The molecule has 2 aromatic carbocycles. The summed E-state index contributed by atoms with van der Waals surface area (Å²) < 4.78 is 0.125. The van der Waals surface area contributed by atoms with Gasteiger partial charge < -0.3 is 5.11 Å². The van der Waals surface area contributed by atoms with E-state index >= 15 is 0 Å². The molecule has 24 heavy (non-hydrogen) atoms. The fraction of sp³-hybridized carbons (Fsp3) is 0.429. The van der Waals surface area contributed by atoms with E-state index in [1.165, 1.54) is 29.1 Å². The fourth-order valence-corrected chi connectivity index (χ4v) is 6.13. The Kier molecular flexibility index (Phi) is 6.70. The molecule has 0 amide bonds. The van der Waals surface area contributed by atoms with Crippen molar-refractivity contribution >= 4 is 23.5 Å². The maximum atomic E-state index is 11.5. The third-order valence-electron chi connectivity index (χ3n) is 4.63. The average molecular weight is 359 g/mol. The quantitative estimate of drug-likeness (QED) is 0.495. The summed E-state index contributed by atoms with van der Waals surface area (Å²) >= 11 is 3.64. The first kappa shape index (κ1) is 17.9. The molecule has 0 heterocycles. The first-order valence-corrected chi connectivity index (χ1v) is 10.7. The van der Waals surface area contributed by atoms with Crippen LogP contribution in [0.4, 0.5) is 0 Å². The molecule has 1 aliphatic rings. The normalized spacial score (nSPS) is 18.1. The van der Waals surface area contributed by atoms with Crippen molar-refractivity contribution in [1.82, 2.24) is 0 Å². The Hall–Kier alpha value is -0.900. The number of thioether (sulfide) groups is 2. The van der Waals surface area contributed by atoms with Crippen LogP contribution in [0.3, 0.4) is 0 Å². The van der Waals surface area contributed by atoms with Gasteiger partial charge in [0, 0.05) is 9.79 Å². The highest BCUT2D eigenvalue weighted by Crippen LogP contribution is 2.46. The number of hydrogen-bond donors (Lipinski definition) is 1. The standard InChI is InChI=1S/C21H26OS2/c22-21(16-10-2-1-3-11-17-21)20(23-18-12-6-4-7-13-18)24-19-14-8-5-9-15-19/h4-9,12-15,20,22H,1-3,10-11,16-17H2. The summed E-state index contributed by atoms with van der Waals surface area (Å²) in [7, 11) is 0. The zero-order valence-corrected chi connectivity index (χ0v) is 15.7. The van der Waals surface area contributed by atoms with E-state index in [-0.39, 0.29) is 4.58 Å². The second-order valence-electron chi connectivity index (χ2n) is 6.57. The Morgan fingerprint density at radius 2 is 1.08 bits per heavy atom. The van der Waals surface area contributed by atoms with Gasteiger partial charge in [0.15, 0.2) is 0 Å². The van der Waals surface area contributed by atoms with Gasteiger partial charge in [0.2, 0.25) is 0 Å². The Morgan fingerprint density at radius 1 is 0.667 bits per heavy atom. The van der Waals surface area contributed by atoms with Gasteiger partial charge in [-0.1, -0.05) is 68.5 Å². The molecule has 1 aliphatic carbocycles. The van der Waals surface area contributed by atoms with Crippen LogP contribution in [0.2, 0.25) is 0 Å². The molecular weight excluding hydrogens is 332 g/mol. The molecule has 3 heteroatoms. The van der Waals surface area contributed by atoms with E-state index in [0.717, 1.165) is 25.7 Å². The van der Waals surface area contributed by atoms with Crippen molar-refractivity contribution in [2.75, 3.05) is 0 Å². The molecule has 0 bridgehead atoms. The number of hydrogen-bond acceptors (Lipinski definition) is 3. The van der Waals surface area contributed by atoms with E-state index in [9.17, 15) is 5.11 Å². The van der Waals surface area contributed by atoms with E-state index in [2.05, 4.69) is 48.5 Å². The fourth-order valence-electron chi connectivity index (χ4n) is 3.24. The molecular formula is C21H26OS2. The van der Waals surface area contributed by atoms with Gasteiger partial charge >= 0.3 is 0 Å². The molecule has 0 unspecified atom stereocenters. The Labute approximate surface area is 154 Å². The third kappa shape index (κ3) is 5.05. The molecule has 0 saturated heterocycles. The first-order chi connectivity index (χ1) is 11.8. The molecule has 0 atom stereocenters. The highest BCUT2D eigenvalue weighted by molar-refractivity contribution is 8.17. The molecule has 0 aromatic heterocycles. The van der Waals surface area contributed by atoms with Crippen molar-refractivity contribution in [3.05, 3.63) is 60.7 Å². The van der Waals surface area contributed by atoms with E-state index < -0.39 is 5.60 Å². The lowest BCUT2D eigenvalue weighted by Crippen LogP contribution is -2.39. The largest absolute Gasteiger partial charge is 0.388 e. The minimum absolute atomic E-state index is 0.125. The molecule has 0 aliphatic heterocycles. The van der Waals surface area contributed by atoms with Crippen LogP contribution in [0, 0.1) is 0 Å². The van der Waals surface area contributed by atoms with Gasteiger partial charge in [0.05, 0.1) is 10.2 Å². The topological polar surface area (TPSA) is 20.2 Å². The van der Waals surface area contributed by atoms with E-state index in [0.29, 0.717) is 0 Å². The van der Waals surface area contributed by atoms with E-state index in [1.807, 2.05) is 35.7 Å². The summed E-state index contributed by atoms with van der Waals surface area (Å²) in [4.78, 5) is 2.47. The van der Waals surface area contributed by atoms with Gasteiger partial charge in [-0.15, -0.1) is 23.5 Å². The average Bonchev–Trinajstić information content (AvgIpc) is 2.60. The van der Waals surface area contributed by atoms with Crippen LogP contribution >= 0.6 is 23.5 Å². The monoisotopic (exact) mass is 358 g/mol. The Bertz CT molecular complexity index is 550. The van der Waals surface area contributed by atoms with Gasteiger partial charge in [-0.3, -0.25) is 0 Å². The van der Waals surface area contributed by atoms with Crippen LogP contribution in [0.25, 0.3) is 0 Å². The van der Waals surface area contributed by atoms with Crippen molar-refractivity contribution < 1.29 is 5.11 Å². The number of benzene rings is 2. The number of aliphatic hydroxyl groups is 1. The lowest BCUT2D eigenvalue weighted by Gasteiger charge is -2.37. The molecule has 1 saturated carbocycles. The zero-order valence-electron chi connectivity index (χ0n) is 14.1. The summed E-state index contributed by atoms with van der Waals surface area (Å²) in [6.07, 6.45) is 7.92. The molecule has 128 valence electrons. The highest BCUT2D eigenvalue weighted by atomic mass is 32.2. The maximum Gasteiger partial charge on any atom is 0.0883 e. The lowest BCUT2D eigenvalue weighted by atomic mass is 9.88. The predicted octanol–water partition coefficient (Wildman–Crippen LogP) is 6.37. The predicted molar refractivity (Wildman–Crippen MR) is 106 cm³/mol. The van der Waals surface area contributed by atoms with Gasteiger partial charge in [-0.25, -0.2) is 0 Å². The van der Waals surface area contributed by atoms with Gasteiger partial charge in [0.1, 0.15) is 0 Å². The zero-order chi connectivity index (χ0) is 16.7. The van der Waals surface area contributed by atoms with Crippen molar-refractivity contribution in [2.45, 2.75) is 64.9 Å². The smallest absolute Gasteiger partial charge is 0.0883 e. The molecule has 3 rings (SSSR count). The van der Waals surface area contributed by atoms with Gasteiger partial charge in [-0.2, -0.15) is 0 Å². The summed E-state index contributed by atoms with van der Waals surface area (Å²) in [5, 5.41) is 11.5. The van der Waals surface area contributed by atoms with E-state index in [4.69, 9.17) is 0 Å². The summed E-state index contributed by atoms with van der Waals surface area (Å²) in [5.74, 6) is 0. The second-order valence-corrected chi connectivity index (χ2v) is 9.22. The van der Waals surface area contributed by atoms with Crippen LogP contribution in [0.5, 0.6) is 0 Å².